The summed E-state index contributed by atoms with van der Waals surface area (Å²) in [4.78, 5) is 14.7. The van der Waals surface area contributed by atoms with E-state index in [-0.39, 0.29) is 5.91 Å². The van der Waals surface area contributed by atoms with Crippen molar-refractivity contribution in [2.24, 2.45) is 0 Å². The van der Waals surface area contributed by atoms with Gasteiger partial charge in [-0.25, -0.2) is 0 Å². The number of nitrogens with one attached hydrogen (secondary N) is 1. The minimum Gasteiger partial charge on any atom is -0.399 e. The van der Waals surface area contributed by atoms with Crippen LogP contribution in [0.25, 0.3) is 0 Å². The number of halogens is 1. The highest BCUT2D eigenvalue weighted by Gasteiger charge is 2.17. The first kappa shape index (κ1) is 14.9. The molecule has 0 saturated carbocycles. The number of hydrogen-bond acceptors (Lipinski definition) is 3. The SMILES string of the molecule is Nc1ccc(N2CCCC2)c(NC(=O)c2cccc(Br)c2)c1. The molecule has 0 spiro atoms. The average Bonchev–Trinajstić information content (AvgIpc) is 3.01. The van der Waals surface area contributed by atoms with E-state index in [1.54, 1.807) is 12.1 Å². The van der Waals surface area contributed by atoms with E-state index in [4.69, 9.17) is 5.73 Å². The van der Waals surface area contributed by atoms with E-state index in [0.29, 0.717) is 11.3 Å². The lowest BCUT2D eigenvalue weighted by molar-refractivity contribution is 0.102. The molecule has 5 heteroatoms. The van der Waals surface area contributed by atoms with Gasteiger partial charge in [-0.2, -0.15) is 0 Å². The minimum atomic E-state index is -0.132. The van der Waals surface area contributed by atoms with Crippen molar-refractivity contribution in [1.29, 1.82) is 0 Å². The van der Waals surface area contributed by atoms with Crippen LogP contribution in [0.15, 0.2) is 46.9 Å². The van der Waals surface area contributed by atoms with Crippen molar-refractivity contribution in [2.45, 2.75) is 12.8 Å². The van der Waals surface area contributed by atoms with E-state index in [1.165, 1.54) is 12.8 Å². The Morgan fingerprint density at radius 1 is 1.14 bits per heavy atom. The van der Waals surface area contributed by atoms with Crippen molar-refractivity contribution in [3.63, 3.8) is 0 Å². The topological polar surface area (TPSA) is 58.4 Å². The summed E-state index contributed by atoms with van der Waals surface area (Å²) >= 11 is 3.39. The Hall–Kier alpha value is -2.01. The molecule has 0 aliphatic carbocycles. The van der Waals surface area contributed by atoms with Gasteiger partial charge < -0.3 is 16.0 Å². The number of benzene rings is 2. The number of hydrogen-bond donors (Lipinski definition) is 2. The average molecular weight is 360 g/mol. The first-order chi connectivity index (χ1) is 10.6. The normalized spacial score (nSPS) is 14.1. The third-order valence-electron chi connectivity index (χ3n) is 3.80. The van der Waals surface area contributed by atoms with Gasteiger partial charge in [0.2, 0.25) is 0 Å². The van der Waals surface area contributed by atoms with Crippen LogP contribution in [0.5, 0.6) is 0 Å². The quantitative estimate of drug-likeness (QED) is 0.817. The molecular weight excluding hydrogens is 342 g/mol. The Morgan fingerprint density at radius 3 is 2.64 bits per heavy atom. The van der Waals surface area contributed by atoms with Crippen LogP contribution in [0.3, 0.4) is 0 Å². The highest BCUT2D eigenvalue weighted by molar-refractivity contribution is 9.10. The Morgan fingerprint density at radius 2 is 1.91 bits per heavy atom. The number of rotatable bonds is 3. The van der Waals surface area contributed by atoms with Gasteiger partial charge in [0.05, 0.1) is 11.4 Å². The van der Waals surface area contributed by atoms with Gasteiger partial charge in [0, 0.05) is 28.8 Å². The fourth-order valence-corrected chi connectivity index (χ4v) is 3.11. The van der Waals surface area contributed by atoms with E-state index < -0.39 is 0 Å². The molecule has 114 valence electrons. The monoisotopic (exact) mass is 359 g/mol. The van der Waals surface area contributed by atoms with Crippen LogP contribution in [0.4, 0.5) is 17.1 Å². The Labute approximate surface area is 138 Å². The van der Waals surface area contributed by atoms with Gasteiger partial charge in [-0.3, -0.25) is 4.79 Å². The summed E-state index contributed by atoms with van der Waals surface area (Å²) in [7, 11) is 0. The summed E-state index contributed by atoms with van der Waals surface area (Å²) in [5.41, 5.74) is 8.96. The molecule has 1 aliphatic rings. The summed E-state index contributed by atoms with van der Waals surface area (Å²) < 4.78 is 0.882. The molecule has 1 heterocycles. The van der Waals surface area contributed by atoms with Crippen LogP contribution in [0.2, 0.25) is 0 Å². The first-order valence-corrected chi connectivity index (χ1v) is 8.14. The number of amides is 1. The van der Waals surface area contributed by atoms with E-state index in [1.807, 2.05) is 30.3 Å². The van der Waals surface area contributed by atoms with Crippen molar-refractivity contribution in [1.82, 2.24) is 0 Å². The lowest BCUT2D eigenvalue weighted by atomic mass is 10.2. The number of carbonyl (C=O) groups is 1. The van der Waals surface area contributed by atoms with Gasteiger partial charge >= 0.3 is 0 Å². The van der Waals surface area contributed by atoms with Crippen molar-refractivity contribution >= 4 is 38.9 Å². The Kier molecular flexibility index (Phi) is 4.34. The molecule has 1 fully saturated rings. The van der Waals surface area contributed by atoms with Crippen molar-refractivity contribution in [3.05, 3.63) is 52.5 Å². The predicted molar refractivity (Wildman–Crippen MR) is 94.4 cm³/mol. The number of anilines is 3. The molecule has 0 atom stereocenters. The van der Waals surface area contributed by atoms with Crippen LogP contribution in [-0.2, 0) is 0 Å². The Balaban J connectivity index is 1.87. The second-order valence-electron chi connectivity index (χ2n) is 5.44. The second kappa shape index (κ2) is 6.40. The molecule has 4 nitrogen and oxygen atoms in total. The third kappa shape index (κ3) is 3.25. The first-order valence-electron chi connectivity index (χ1n) is 7.35. The van der Waals surface area contributed by atoms with E-state index in [0.717, 1.165) is 28.9 Å². The number of nitrogens with two attached hydrogens (primary N) is 1. The van der Waals surface area contributed by atoms with E-state index in [2.05, 4.69) is 26.1 Å². The van der Waals surface area contributed by atoms with Crippen molar-refractivity contribution < 1.29 is 4.79 Å². The summed E-state index contributed by atoms with van der Waals surface area (Å²) in [6.45, 7) is 2.04. The summed E-state index contributed by atoms with van der Waals surface area (Å²) in [6.07, 6.45) is 2.37. The molecule has 0 aromatic heterocycles. The largest absolute Gasteiger partial charge is 0.399 e. The van der Waals surface area contributed by atoms with Gasteiger partial charge in [0.1, 0.15) is 0 Å². The lowest BCUT2D eigenvalue weighted by Crippen LogP contribution is -2.21. The number of nitrogens with zero attached hydrogens (tertiary/aromatic N) is 1. The van der Waals surface area contributed by atoms with Gasteiger partial charge in [-0.15, -0.1) is 0 Å². The third-order valence-corrected chi connectivity index (χ3v) is 4.30. The molecule has 1 amide bonds. The van der Waals surface area contributed by atoms with Gasteiger partial charge in [-0.1, -0.05) is 22.0 Å². The summed E-state index contributed by atoms with van der Waals surface area (Å²) in [6, 6.07) is 13.0. The van der Waals surface area contributed by atoms with Crippen LogP contribution in [-0.4, -0.2) is 19.0 Å². The molecular formula is C17H18BrN3O. The van der Waals surface area contributed by atoms with Gasteiger partial charge in [0.15, 0.2) is 0 Å². The zero-order valence-electron chi connectivity index (χ0n) is 12.2. The van der Waals surface area contributed by atoms with E-state index in [9.17, 15) is 4.79 Å². The van der Waals surface area contributed by atoms with Crippen LogP contribution in [0, 0.1) is 0 Å². The highest BCUT2D eigenvalue weighted by atomic mass is 79.9. The zero-order chi connectivity index (χ0) is 15.5. The zero-order valence-corrected chi connectivity index (χ0v) is 13.8. The van der Waals surface area contributed by atoms with Gasteiger partial charge in [-0.05, 0) is 49.2 Å². The molecule has 3 rings (SSSR count). The lowest BCUT2D eigenvalue weighted by Gasteiger charge is -2.22. The predicted octanol–water partition coefficient (Wildman–Crippen LogP) is 3.88. The fraction of sp³-hybridized carbons (Fsp3) is 0.235. The molecule has 0 unspecified atom stereocenters. The van der Waals surface area contributed by atoms with Crippen LogP contribution in [0.1, 0.15) is 23.2 Å². The molecule has 1 saturated heterocycles. The number of carbonyl (C=O) groups excluding carboxylic acids is 1. The van der Waals surface area contributed by atoms with Gasteiger partial charge in [0.25, 0.3) is 5.91 Å². The number of nitrogen functional groups attached to an aromatic ring is 1. The maximum Gasteiger partial charge on any atom is 0.255 e. The maximum absolute atomic E-state index is 12.5. The minimum absolute atomic E-state index is 0.132. The molecule has 2 aromatic rings. The molecule has 2 aromatic carbocycles. The maximum atomic E-state index is 12.5. The van der Waals surface area contributed by atoms with E-state index >= 15 is 0 Å². The molecule has 0 bridgehead atoms. The standard InChI is InChI=1S/C17H18BrN3O/c18-13-5-3-4-12(10-13)17(22)20-15-11-14(19)6-7-16(15)21-8-1-2-9-21/h3-7,10-11H,1-2,8-9,19H2,(H,20,22). The van der Waals surface area contributed by atoms with Crippen molar-refractivity contribution in [3.8, 4) is 0 Å². The summed E-state index contributed by atoms with van der Waals surface area (Å²) in [5, 5.41) is 2.99. The second-order valence-corrected chi connectivity index (χ2v) is 6.35. The molecule has 1 aliphatic heterocycles. The van der Waals surface area contributed by atoms with Crippen molar-refractivity contribution in [2.75, 3.05) is 29.0 Å². The molecule has 22 heavy (non-hydrogen) atoms. The fourth-order valence-electron chi connectivity index (χ4n) is 2.71. The molecule has 3 N–H and O–H groups in total. The highest BCUT2D eigenvalue weighted by Crippen LogP contribution is 2.31. The smallest absolute Gasteiger partial charge is 0.255 e. The summed E-state index contributed by atoms with van der Waals surface area (Å²) in [5.74, 6) is -0.132. The van der Waals surface area contributed by atoms with Crippen LogP contribution >= 0.6 is 15.9 Å². The molecule has 0 radical (unpaired) electrons. The van der Waals surface area contributed by atoms with Crippen LogP contribution < -0.4 is 16.0 Å². The Bertz CT molecular complexity index is 696.